The quantitative estimate of drug-likeness (QED) is 0.811. The Labute approximate surface area is 124 Å². The van der Waals surface area contributed by atoms with E-state index < -0.39 is 23.0 Å². The molecule has 0 aliphatic heterocycles. The normalized spacial score (nSPS) is 13.1. The highest BCUT2D eigenvalue weighted by Crippen LogP contribution is 2.36. The third-order valence-electron chi connectivity index (χ3n) is 3.56. The van der Waals surface area contributed by atoms with Crippen molar-refractivity contribution < 1.29 is 18.4 Å². The van der Waals surface area contributed by atoms with Crippen LogP contribution in [0.25, 0.3) is 0 Å². The Morgan fingerprint density at radius 2 is 1.71 bits per heavy atom. The Morgan fingerprint density at radius 3 is 2.14 bits per heavy atom. The lowest BCUT2D eigenvalue weighted by atomic mass is 9.77. The van der Waals surface area contributed by atoms with E-state index in [9.17, 15) is 18.4 Å². The van der Waals surface area contributed by atoms with Crippen LogP contribution in [-0.2, 0) is 15.0 Å². The molecule has 0 aliphatic carbocycles. The molecule has 1 rings (SSSR count). The Hall–Kier alpha value is -1.58. The number of benzene rings is 1. The minimum absolute atomic E-state index is 0.0737. The van der Waals surface area contributed by atoms with Crippen molar-refractivity contribution in [3.63, 3.8) is 0 Å². The maximum absolute atomic E-state index is 14.3. The third-order valence-corrected chi connectivity index (χ3v) is 3.56. The van der Waals surface area contributed by atoms with Crippen LogP contribution < -0.4 is 0 Å². The summed E-state index contributed by atoms with van der Waals surface area (Å²) >= 11 is 0. The van der Waals surface area contributed by atoms with Crippen molar-refractivity contribution in [1.29, 1.82) is 0 Å². The van der Waals surface area contributed by atoms with Crippen molar-refractivity contribution >= 4 is 11.6 Å². The number of hydrogen-bond donors (Lipinski definition) is 0. The fraction of sp³-hybridized carbons (Fsp3) is 0.529. The van der Waals surface area contributed by atoms with Gasteiger partial charge in [0.05, 0.1) is 0 Å². The summed E-state index contributed by atoms with van der Waals surface area (Å²) in [4.78, 5) is 23.1. The number of rotatable bonds is 5. The molecule has 1 aromatic rings. The highest BCUT2D eigenvalue weighted by Gasteiger charge is 2.30. The van der Waals surface area contributed by atoms with Crippen molar-refractivity contribution in [2.75, 3.05) is 0 Å². The summed E-state index contributed by atoms with van der Waals surface area (Å²) < 4.78 is 27.9. The predicted octanol–water partition coefficient (Wildman–Crippen LogP) is 4.30. The first kappa shape index (κ1) is 17.5. The lowest BCUT2D eigenvalue weighted by molar-refractivity contribution is -0.119. The van der Waals surface area contributed by atoms with Crippen LogP contribution in [0, 0.1) is 11.6 Å². The molecule has 1 aromatic carbocycles. The number of Topliss-reactive ketones (excluding diaryl/α,β-unsaturated/α-hetero) is 2. The first-order chi connectivity index (χ1) is 9.55. The summed E-state index contributed by atoms with van der Waals surface area (Å²) in [5.41, 5.74) is 0.273. The van der Waals surface area contributed by atoms with Crippen molar-refractivity contribution in [1.82, 2.24) is 0 Å². The van der Waals surface area contributed by atoms with Crippen LogP contribution in [0.1, 0.15) is 64.5 Å². The summed E-state index contributed by atoms with van der Waals surface area (Å²) in [6.45, 7) is 8.41. The van der Waals surface area contributed by atoms with Crippen molar-refractivity contribution in [3.05, 3.63) is 34.9 Å². The van der Waals surface area contributed by atoms with Gasteiger partial charge in [0.2, 0.25) is 0 Å². The van der Waals surface area contributed by atoms with Gasteiger partial charge in [-0.15, -0.1) is 0 Å². The molecular formula is C17H22F2O2. The maximum Gasteiger partial charge on any atom is 0.163 e. The van der Waals surface area contributed by atoms with E-state index in [-0.39, 0.29) is 30.0 Å². The Bertz CT molecular complexity index is 557. The molecule has 116 valence electrons. The van der Waals surface area contributed by atoms with Gasteiger partial charge in [-0.1, -0.05) is 26.8 Å². The van der Waals surface area contributed by atoms with Crippen LogP contribution in [0.4, 0.5) is 8.78 Å². The second-order valence-corrected chi connectivity index (χ2v) is 6.48. The zero-order valence-corrected chi connectivity index (χ0v) is 13.2. The molecule has 0 bridgehead atoms. The molecule has 0 spiro atoms. The van der Waals surface area contributed by atoms with E-state index >= 15 is 0 Å². The molecule has 0 N–H and O–H groups in total. The predicted molar refractivity (Wildman–Crippen MR) is 78.4 cm³/mol. The summed E-state index contributed by atoms with van der Waals surface area (Å²) in [5.74, 6) is -3.07. The van der Waals surface area contributed by atoms with Crippen LogP contribution in [-0.4, -0.2) is 11.6 Å². The van der Waals surface area contributed by atoms with E-state index in [1.807, 2.05) is 20.8 Å². The topological polar surface area (TPSA) is 34.1 Å². The largest absolute Gasteiger partial charge is 0.300 e. The monoisotopic (exact) mass is 296 g/mol. The van der Waals surface area contributed by atoms with Gasteiger partial charge in [0.25, 0.3) is 0 Å². The Balaban J connectivity index is 3.44. The van der Waals surface area contributed by atoms with Gasteiger partial charge >= 0.3 is 0 Å². The summed E-state index contributed by atoms with van der Waals surface area (Å²) in [6, 6.07) is 2.61. The highest BCUT2D eigenvalue weighted by molar-refractivity contribution is 5.85. The molecule has 1 atom stereocenters. The van der Waals surface area contributed by atoms with Gasteiger partial charge in [0, 0.05) is 17.9 Å². The Kier molecular flexibility index (Phi) is 5.37. The molecule has 0 heterocycles. The summed E-state index contributed by atoms with van der Waals surface area (Å²) in [6.07, 6.45) is 0.373. The molecule has 0 amide bonds. The zero-order chi connectivity index (χ0) is 16.4. The van der Waals surface area contributed by atoms with E-state index in [0.717, 1.165) is 6.07 Å². The molecule has 0 aromatic heterocycles. The fourth-order valence-corrected chi connectivity index (χ4v) is 2.46. The van der Waals surface area contributed by atoms with Gasteiger partial charge in [-0.3, -0.25) is 4.79 Å². The van der Waals surface area contributed by atoms with Gasteiger partial charge in [-0.2, -0.15) is 0 Å². The fourth-order valence-electron chi connectivity index (χ4n) is 2.46. The van der Waals surface area contributed by atoms with Gasteiger partial charge in [0.1, 0.15) is 11.6 Å². The second kappa shape index (κ2) is 6.46. The first-order valence-corrected chi connectivity index (χ1v) is 7.04. The Morgan fingerprint density at radius 1 is 1.14 bits per heavy atom. The van der Waals surface area contributed by atoms with E-state index in [1.54, 1.807) is 0 Å². The van der Waals surface area contributed by atoms with Gasteiger partial charge in [-0.25, -0.2) is 8.78 Å². The average Bonchev–Trinajstić information content (AvgIpc) is 2.32. The van der Waals surface area contributed by atoms with Crippen molar-refractivity contribution in [2.45, 2.75) is 58.8 Å². The number of carbonyl (C=O) groups is 2. The molecule has 1 unspecified atom stereocenters. The van der Waals surface area contributed by atoms with Crippen LogP contribution in [0.2, 0.25) is 0 Å². The lowest BCUT2D eigenvalue weighted by Crippen LogP contribution is -2.22. The lowest BCUT2D eigenvalue weighted by Gasteiger charge is -2.27. The number of carbonyl (C=O) groups excluding carboxylic acids is 2. The van der Waals surface area contributed by atoms with Crippen molar-refractivity contribution in [3.8, 4) is 0 Å². The van der Waals surface area contributed by atoms with E-state index in [0.29, 0.717) is 5.56 Å². The minimum Gasteiger partial charge on any atom is -0.300 e. The molecule has 0 fully saturated rings. The van der Waals surface area contributed by atoms with E-state index in [4.69, 9.17) is 0 Å². The van der Waals surface area contributed by atoms with Crippen molar-refractivity contribution in [2.24, 2.45) is 0 Å². The second-order valence-electron chi connectivity index (χ2n) is 6.48. The number of ketones is 2. The van der Waals surface area contributed by atoms with Crippen LogP contribution in [0.3, 0.4) is 0 Å². The summed E-state index contributed by atoms with van der Waals surface area (Å²) in [5, 5.41) is 0. The maximum atomic E-state index is 14.3. The molecule has 0 radical (unpaired) electrons. The average molecular weight is 296 g/mol. The van der Waals surface area contributed by atoms with Crippen LogP contribution >= 0.6 is 0 Å². The molecule has 0 saturated heterocycles. The van der Waals surface area contributed by atoms with Crippen LogP contribution in [0.5, 0.6) is 0 Å². The summed E-state index contributed by atoms with van der Waals surface area (Å²) in [7, 11) is 0. The minimum atomic E-state index is -0.980. The number of halogens is 2. The molecule has 21 heavy (non-hydrogen) atoms. The van der Waals surface area contributed by atoms with Gasteiger partial charge in [-0.05, 0) is 37.3 Å². The van der Waals surface area contributed by atoms with Gasteiger partial charge < -0.3 is 4.79 Å². The molecule has 0 saturated carbocycles. The van der Waals surface area contributed by atoms with E-state index in [2.05, 4.69) is 0 Å². The molecular weight excluding hydrogens is 274 g/mol. The van der Waals surface area contributed by atoms with E-state index in [1.165, 1.54) is 19.9 Å². The zero-order valence-electron chi connectivity index (χ0n) is 13.2. The third kappa shape index (κ3) is 4.19. The SMILES string of the molecule is CC(=O)CCC(C(C)=O)c1c(C(C)(C)C)ccc(F)c1F. The smallest absolute Gasteiger partial charge is 0.163 e. The standard InChI is InChI=1S/C17H22F2O2/c1-10(20)6-7-12(11(2)21)15-13(17(3,4)5)8-9-14(18)16(15)19/h8-9,12H,6-7H2,1-5H3. The first-order valence-electron chi connectivity index (χ1n) is 7.04. The number of hydrogen-bond acceptors (Lipinski definition) is 2. The highest BCUT2D eigenvalue weighted by atomic mass is 19.2. The van der Waals surface area contributed by atoms with Gasteiger partial charge in [0.15, 0.2) is 11.6 Å². The molecule has 2 nitrogen and oxygen atoms in total. The molecule has 4 heteroatoms. The molecule has 0 aliphatic rings. The van der Waals surface area contributed by atoms with Crippen LogP contribution in [0.15, 0.2) is 12.1 Å².